The first-order chi connectivity index (χ1) is 9.31. The summed E-state index contributed by atoms with van der Waals surface area (Å²) in [5, 5.41) is 0. The van der Waals surface area contributed by atoms with Crippen molar-refractivity contribution >= 4 is 5.78 Å². The lowest BCUT2D eigenvalue weighted by Crippen LogP contribution is -1.96. The van der Waals surface area contributed by atoms with Crippen LogP contribution in [0, 0.1) is 0 Å². The monoisotopic (exact) mass is 264 g/mol. The van der Waals surface area contributed by atoms with Gasteiger partial charge in [-0.15, -0.1) is 0 Å². The number of carbonyl (C=O) groups is 1. The van der Waals surface area contributed by atoms with Gasteiger partial charge in [0, 0.05) is 12.8 Å². The van der Waals surface area contributed by atoms with Gasteiger partial charge in [0.05, 0.1) is 0 Å². The van der Waals surface area contributed by atoms with E-state index in [1.165, 1.54) is 44.9 Å². The first-order valence-electron chi connectivity index (χ1n) is 8.10. The van der Waals surface area contributed by atoms with Crippen LogP contribution >= 0.6 is 0 Å². The van der Waals surface area contributed by atoms with Gasteiger partial charge in [-0.05, 0) is 25.7 Å². The van der Waals surface area contributed by atoms with Crippen molar-refractivity contribution in [3.05, 3.63) is 24.8 Å². The van der Waals surface area contributed by atoms with Crippen molar-refractivity contribution in [3.8, 4) is 0 Å². The first-order valence-corrected chi connectivity index (χ1v) is 8.10. The third-order valence-electron chi connectivity index (χ3n) is 3.41. The molecule has 1 nitrogen and oxygen atoms in total. The van der Waals surface area contributed by atoms with Gasteiger partial charge in [-0.2, -0.15) is 0 Å². The van der Waals surface area contributed by atoms with Crippen molar-refractivity contribution in [2.45, 2.75) is 84.0 Å². The highest BCUT2D eigenvalue weighted by molar-refractivity contribution is 5.78. The minimum Gasteiger partial charge on any atom is -0.300 e. The molecule has 110 valence electrons. The quantitative estimate of drug-likeness (QED) is 0.278. The van der Waals surface area contributed by atoms with Crippen LogP contribution in [-0.4, -0.2) is 5.78 Å². The molecule has 0 saturated heterocycles. The molecule has 0 aliphatic heterocycles. The molecule has 0 saturated carbocycles. The number of hydrogen-bond donors (Lipinski definition) is 0. The maximum absolute atomic E-state index is 11.4. The van der Waals surface area contributed by atoms with Gasteiger partial charge in [-0.25, -0.2) is 0 Å². The summed E-state index contributed by atoms with van der Waals surface area (Å²) in [5.74, 6) is 0.468. The second-order valence-electron chi connectivity index (χ2n) is 5.32. The zero-order chi connectivity index (χ0) is 14.2. The molecule has 0 unspecified atom stereocenters. The maximum atomic E-state index is 11.4. The molecule has 0 aliphatic rings. The minimum absolute atomic E-state index is 0.468. The lowest BCUT2D eigenvalue weighted by atomic mass is 10.0. The average Bonchev–Trinajstić information content (AvgIpc) is 2.42. The molecule has 0 rings (SSSR count). The van der Waals surface area contributed by atoms with Crippen LogP contribution < -0.4 is 0 Å². The summed E-state index contributed by atoms with van der Waals surface area (Å²) in [6.07, 6.45) is 20.0. The molecular formula is C18H32O. The lowest BCUT2D eigenvalue weighted by molar-refractivity contribution is -0.119. The van der Waals surface area contributed by atoms with E-state index in [4.69, 9.17) is 0 Å². The van der Waals surface area contributed by atoms with Gasteiger partial charge in [-0.3, -0.25) is 4.79 Å². The van der Waals surface area contributed by atoms with Gasteiger partial charge < -0.3 is 0 Å². The summed E-state index contributed by atoms with van der Waals surface area (Å²) in [5.41, 5.74) is 0. The van der Waals surface area contributed by atoms with Gasteiger partial charge >= 0.3 is 0 Å². The molecule has 0 N–H and O–H groups in total. The molecule has 19 heavy (non-hydrogen) atoms. The number of carbonyl (C=O) groups excluding carboxylic acids is 1. The van der Waals surface area contributed by atoms with Crippen LogP contribution in [0.1, 0.15) is 84.0 Å². The molecule has 0 aromatic rings. The summed E-state index contributed by atoms with van der Waals surface area (Å²) in [6, 6.07) is 0. The molecule has 0 bridgehead atoms. The first kappa shape index (κ1) is 18.1. The van der Waals surface area contributed by atoms with E-state index in [0.717, 1.165) is 32.1 Å². The summed E-state index contributed by atoms with van der Waals surface area (Å²) in [7, 11) is 0. The summed E-state index contributed by atoms with van der Waals surface area (Å²) >= 11 is 0. The highest BCUT2D eigenvalue weighted by Crippen LogP contribution is 2.11. The normalized spacial score (nSPS) is 11.0. The molecular weight excluding hydrogens is 232 g/mol. The number of ketones is 1. The van der Waals surface area contributed by atoms with E-state index in [2.05, 4.69) is 19.6 Å². The number of Topliss-reactive ketones (excluding diaryl/α,β-unsaturated/α-hetero) is 1. The lowest BCUT2D eigenvalue weighted by Gasteiger charge is -2.01. The van der Waals surface area contributed by atoms with E-state index >= 15 is 0 Å². The topological polar surface area (TPSA) is 17.1 Å². The fourth-order valence-corrected chi connectivity index (χ4v) is 2.16. The van der Waals surface area contributed by atoms with Gasteiger partial charge in [0.15, 0.2) is 0 Å². The number of unbranched alkanes of at least 4 members (excludes halogenated alkanes) is 8. The molecule has 0 atom stereocenters. The minimum atomic E-state index is 0.468. The highest BCUT2D eigenvalue weighted by Gasteiger charge is 2.00. The third-order valence-corrected chi connectivity index (χ3v) is 3.41. The fourth-order valence-electron chi connectivity index (χ4n) is 2.16. The van der Waals surface area contributed by atoms with Gasteiger partial charge in [-0.1, -0.05) is 70.3 Å². The van der Waals surface area contributed by atoms with Crippen LogP contribution in [0.25, 0.3) is 0 Å². The summed E-state index contributed by atoms with van der Waals surface area (Å²) in [4.78, 5) is 11.4. The van der Waals surface area contributed by atoms with Crippen molar-refractivity contribution in [1.82, 2.24) is 0 Å². The van der Waals surface area contributed by atoms with E-state index in [1.54, 1.807) is 0 Å². The Morgan fingerprint density at radius 1 is 0.895 bits per heavy atom. The van der Waals surface area contributed by atoms with Crippen LogP contribution in [0.2, 0.25) is 0 Å². The Kier molecular flexibility index (Phi) is 14.5. The molecule has 1 heteroatoms. The third kappa shape index (κ3) is 15.1. The predicted molar refractivity (Wildman–Crippen MR) is 85.4 cm³/mol. The van der Waals surface area contributed by atoms with Gasteiger partial charge in [0.2, 0.25) is 0 Å². The van der Waals surface area contributed by atoms with Gasteiger partial charge in [0.1, 0.15) is 5.78 Å². The zero-order valence-corrected chi connectivity index (χ0v) is 12.8. The number of rotatable bonds is 14. The van der Waals surface area contributed by atoms with Crippen molar-refractivity contribution in [3.63, 3.8) is 0 Å². The largest absolute Gasteiger partial charge is 0.300 e. The van der Waals surface area contributed by atoms with E-state index in [9.17, 15) is 4.79 Å². The Morgan fingerprint density at radius 3 is 2.11 bits per heavy atom. The van der Waals surface area contributed by atoms with Crippen LogP contribution in [0.4, 0.5) is 0 Å². The van der Waals surface area contributed by atoms with Crippen molar-refractivity contribution in [1.29, 1.82) is 0 Å². The van der Waals surface area contributed by atoms with Crippen LogP contribution in [0.15, 0.2) is 24.8 Å². The molecule has 0 fully saturated rings. The smallest absolute Gasteiger partial charge is 0.132 e. The second-order valence-corrected chi connectivity index (χ2v) is 5.32. The Morgan fingerprint density at radius 2 is 1.47 bits per heavy atom. The van der Waals surface area contributed by atoms with Crippen LogP contribution in [0.3, 0.4) is 0 Å². The highest BCUT2D eigenvalue weighted by atomic mass is 16.1. The standard InChI is InChI=1S/C18H32O/c1-3-5-7-8-9-10-11-12-13-14-15-17-18(19)16-6-4-2/h3,5,7H,1,4,6,8-17H2,2H3. The average molecular weight is 264 g/mol. The second kappa shape index (κ2) is 15.2. The number of hydrogen-bond acceptors (Lipinski definition) is 1. The van der Waals surface area contributed by atoms with Crippen LogP contribution in [0.5, 0.6) is 0 Å². The Balaban J connectivity index is 3.12. The molecule has 0 amide bonds. The molecule has 0 aromatic heterocycles. The Bertz CT molecular complexity index is 240. The van der Waals surface area contributed by atoms with Crippen molar-refractivity contribution in [2.75, 3.05) is 0 Å². The molecule has 0 heterocycles. The molecule has 0 radical (unpaired) electrons. The molecule has 0 aromatic carbocycles. The zero-order valence-electron chi connectivity index (χ0n) is 12.8. The molecule has 0 spiro atoms. The predicted octanol–water partition coefficient (Wildman–Crippen LogP) is 6.00. The fraction of sp³-hybridized carbons (Fsp3) is 0.722. The van der Waals surface area contributed by atoms with E-state index < -0.39 is 0 Å². The van der Waals surface area contributed by atoms with E-state index in [0.29, 0.717) is 5.78 Å². The van der Waals surface area contributed by atoms with Crippen molar-refractivity contribution in [2.24, 2.45) is 0 Å². The molecule has 0 aliphatic carbocycles. The SMILES string of the molecule is C=CC=CCCCCCCCCCC(=O)CCCC. The van der Waals surface area contributed by atoms with Crippen LogP contribution in [-0.2, 0) is 4.79 Å². The summed E-state index contributed by atoms with van der Waals surface area (Å²) < 4.78 is 0. The van der Waals surface area contributed by atoms with E-state index in [-0.39, 0.29) is 0 Å². The number of allylic oxidation sites excluding steroid dienone is 3. The van der Waals surface area contributed by atoms with E-state index in [1.807, 2.05) is 12.2 Å². The Labute approximate surface area is 120 Å². The maximum Gasteiger partial charge on any atom is 0.132 e. The Hall–Kier alpha value is -0.850. The van der Waals surface area contributed by atoms with Gasteiger partial charge in [0.25, 0.3) is 0 Å². The van der Waals surface area contributed by atoms with Crippen molar-refractivity contribution < 1.29 is 4.79 Å². The summed E-state index contributed by atoms with van der Waals surface area (Å²) in [6.45, 7) is 5.79.